The van der Waals surface area contributed by atoms with Gasteiger partial charge in [0.05, 0.1) is 19.4 Å². The Bertz CT molecular complexity index is 904. The second kappa shape index (κ2) is 9.19. The van der Waals surface area contributed by atoms with Gasteiger partial charge in [0.25, 0.3) is 0 Å². The highest BCUT2D eigenvalue weighted by atomic mass is 16.5. The van der Waals surface area contributed by atoms with Crippen LogP contribution in [0.25, 0.3) is 11.5 Å². The van der Waals surface area contributed by atoms with E-state index in [4.69, 9.17) is 14.9 Å². The van der Waals surface area contributed by atoms with Crippen molar-refractivity contribution in [3.05, 3.63) is 71.6 Å². The highest BCUT2D eigenvalue weighted by Gasteiger charge is 2.14. The third kappa shape index (κ3) is 4.98. The van der Waals surface area contributed by atoms with Crippen molar-refractivity contribution in [3.8, 4) is 17.2 Å². The highest BCUT2D eigenvalue weighted by Crippen LogP contribution is 2.22. The summed E-state index contributed by atoms with van der Waals surface area (Å²) >= 11 is 0. The Morgan fingerprint density at radius 3 is 2.54 bits per heavy atom. The summed E-state index contributed by atoms with van der Waals surface area (Å²) in [5.41, 5.74) is 8.57. The largest absolute Gasteiger partial charge is 0.493 e. The zero-order chi connectivity index (χ0) is 19.9. The number of carbonyl (C=O) groups excluding carboxylic acids is 1. The molecule has 1 atom stereocenters. The number of nitrogens with zero attached hydrogens (tertiary/aromatic N) is 1. The average Bonchev–Trinajstić information content (AvgIpc) is 3.10. The Morgan fingerprint density at radius 1 is 1.14 bits per heavy atom. The second-order valence-corrected chi connectivity index (χ2v) is 6.46. The second-order valence-electron chi connectivity index (χ2n) is 6.46. The molecule has 0 fully saturated rings. The molecule has 0 saturated carbocycles. The Labute approximate surface area is 164 Å². The molecule has 2 N–H and O–H groups in total. The summed E-state index contributed by atoms with van der Waals surface area (Å²) in [5.74, 6) is 1.76. The zero-order valence-corrected chi connectivity index (χ0v) is 16.1. The van der Waals surface area contributed by atoms with Crippen LogP contribution in [0.15, 0.2) is 59.0 Å². The molecular formula is C22H24N2O4. The number of methoxy groups -OCH3 is 1. The van der Waals surface area contributed by atoms with Gasteiger partial charge in [0.15, 0.2) is 0 Å². The number of aromatic nitrogens is 1. The number of esters is 1. The van der Waals surface area contributed by atoms with Crippen molar-refractivity contribution < 1.29 is 18.7 Å². The van der Waals surface area contributed by atoms with Gasteiger partial charge >= 0.3 is 5.97 Å². The molecule has 0 aliphatic rings. The van der Waals surface area contributed by atoms with Crippen molar-refractivity contribution in [3.63, 3.8) is 0 Å². The third-order valence-corrected chi connectivity index (χ3v) is 4.40. The summed E-state index contributed by atoms with van der Waals surface area (Å²) in [4.78, 5) is 16.0. The van der Waals surface area contributed by atoms with E-state index in [0.717, 1.165) is 28.3 Å². The quantitative estimate of drug-likeness (QED) is 0.603. The molecule has 6 nitrogen and oxygen atoms in total. The van der Waals surface area contributed by atoms with E-state index in [1.165, 1.54) is 7.11 Å². The van der Waals surface area contributed by atoms with Gasteiger partial charge in [0.2, 0.25) is 5.89 Å². The maximum atomic E-state index is 11.4. The van der Waals surface area contributed by atoms with E-state index in [0.29, 0.717) is 25.3 Å². The molecule has 1 heterocycles. The summed E-state index contributed by atoms with van der Waals surface area (Å²) < 4.78 is 16.2. The van der Waals surface area contributed by atoms with Crippen molar-refractivity contribution in [2.75, 3.05) is 13.7 Å². The fourth-order valence-corrected chi connectivity index (χ4v) is 2.84. The van der Waals surface area contributed by atoms with E-state index in [2.05, 4.69) is 9.72 Å². The van der Waals surface area contributed by atoms with Gasteiger partial charge in [0.1, 0.15) is 17.6 Å². The number of hydrogen-bond donors (Lipinski definition) is 1. The minimum absolute atomic E-state index is 0.418. The molecule has 0 saturated heterocycles. The lowest BCUT2D eigenvalue weighted by atomic mass is 10.1. The van der Waals surface area contributed by atoms with Gasteiger partial charge < -0.3 is 19.6 Å². The Balaban J connectivity index is 1.53. The number of carbonyl (C=O) groups is 1. The molecular weight excluding hydrogens is 356 g/mol. The van der Waals surface area contributed by atoms with Gasteiger partial charge in [-0.25, -0.2) is 4.98 Å². The Hall–Kier alpha value is -3.12. The molecule has 1 aromatic heterocycles. The Kier molecular flexibility index (Phi) is 6.45. The van der Waals surface area contributed by atoms with E-state index in [1.807, 2.05) is 61.5 Å². The first-order valence-corrected chi connectivity index (χ1v) is 9.13. The maximum absolute atomic E-state index is 11.4. The summed E-state index contributed by atoms with van der Waals surface area (Å²) in [6.07, 6.45) is 1.07. The number of rotatable bonds is 8. The molecule has 0 amide bonds. The molecule has 0 aliphatic carbocycles. The number of nitrogens with two attached hydrogens (primary N) is 1. The van der Waals surface area contributed by atoms with E-state index < -0.39 is 12.0 Å². The molecule has 146 valence electrons. The van der Waals surface area contributed by atoms with Crippen LogP contribution in [0.1, 0.15) is 17.0 Å². The van der Waals surface area contributed by atoms with Crippen molar-refractivity contribution in [2.24, 2.45) is 5.73 Å². The van der Waals surface area contributed by atoms with Gasteiger partial charge in [-0.1, -0.05) is 30.3 Å². The number of ether oxygens (including phenoxy) is 2. The number of oxazole rings is 1. The normalized spacial score (nSPS) is 11.8. The minimum atomic E-state index is -0.661. The van der Waals surface area contributed by atoms with Gasteiger partial charge in [-0.3, -0.25) is 4.79 Å². The lowest BCUT2D eigenvalue weighted by Crippen LogP contribution is -2.33. The van der Waals surface area contributed by atoms with Crippen molar-refractivity contribution >= 4 is 5.97 Å². The minimum Gasteiger partial charge on any atom is -0.493 e. The van der Waals surface area contributed by atoms with Crippen molar-refractivity contribution in [1.82, 2.24) is 4.98 Å². The molecule has 3 aromatic rings. The smallest absolute Gasteiger partial charge is 0.322 e. The predicted molar refractivity (Wildman–Crippen MR) is 106 cm³/mol. The SMILES string of the molecule is COC(=O)[C@@H](N)Cc1ccc(OCCc2nc(-c3ccccc3)oc2C)cc1. The van der Waals surface area contributed by atoms with E-state index in [1.54, 1.807) is 0 Å². The first-order valence-electron chi connectivity index (χ1n) is 9.13. The van der Waals surface area contributed by atoms with Gasteiger partial charge in [0, 0.05) is 12.0 Å². The number of aryl methyl sites for hydroxylation is 1. The molecule has 0 bridgehead atoms. The molecule has 28 heavy (non-hydrogen) atoms. The Morgan fingerprint density at radius 2 is 1.86 bits per heavy atom. The predicted octanol–water partition coefficient (Wildman–Crippen LogP) is 3.31. The van der Waals surface area contributed by atoms with Crippen LogP contribution < -0.4 is 10.5 Å². The lowest BCUT2D eigenvalue weighted by Gasteiger charge is -2.10. The molecule has 0 unspecified atom stereocenters. The molecule has 6 heteroatoms. The van der Waals surface area contributed by atoms with Crippen LogP contribution in [-0.4, -0.2) is 30.7 Å². The summed E-state index contributed by atoms with van der Waals surface area (Å²) in [6, 6.07) is 16.7. The van der Waals surface area contributed by atoms with Crippen LogP contribution in [0, 0.1) is 6.92 Å². The molecule has 2 aromatic carbocycles. The van der Waals surface area contributed by atoms with Crippen molar-refractivity contribution in [1.29, 1.82) is 0 Å². The number of benzene rings is 2. The first kappa shape index (κ1) is 19.6. The van der Waals surface area contributed by atoms with Crippen LogP contribution in [0.2, 0.25) is 0 Å². The fraction of sp³-hybridized carbons (Fsp3) is 0.273. The van der Waals surface area contributed by atoms with Gasteiger partial charge in [-0.15, -0.1) is 0 Å². The highest BCUT2D eigenvalue weighted by molar-refractivity contribution is 5.75. The summed E-state index contributed by atoms with van der Waals surface area (Å²) in [5, 5.41) is 0. The maximum Gasteiger partial charge on any atom is 0.322 e. The van der Waals surface area contributed by atoms with Gasteiger partial charge in [-0.2, -0.15) is 0 Å². The van der Waals surface area contributed by atoms with E-state index in [-0.39, 0.29) is 0 Å². The number of hydrogen-bond acceptors (Lipinski definition) is 6. The lowest BCUT2D eigenvalue weighted by molar-refractivity contribution is -0.142. The standard InChI is InChI=1S/C22H24N2O4/c1-15-20(24-21(28-15)17-6-4-3-5-7-17)12-13-27-18-10-8-16(9-11-18)14-19(23)22(25)26-2/h3-11,19H,12-14,23H2,1-2H3/t19-/m0/s1. The van der Waals surface area contributed by atoms with Crippen LogP contribution in [0.3, 0.4) is 0 Å². The van der Waals surface area contributed by atoms with E-state index >= 15 is 0 Å². The van der Waals surface area contributed by atoms with Gasteiger partial charge in [-0.05, 0) is 43.2 Å². The fourth-order valence-electron chi connectivity index (χ4n) is 2.84. The van der Waals surface area contributed by atoms with Crippen LogP contribution in [0.5, 0.6) is 5.75 Å². The molecule has 0 aliphatic heterocycles. The topological polar surface area (TPSA) is 87.6 Å². The average molecular weight is 380 g/mol. The summed E-state index contributed by atoms with van der Waals surface area (Å²) in [6.45, 7) is 2.40. The molecule has 0 spiro atoms. The third-order valence-electron chi connectivity index (χ3n) is 4.40. The van der Waals surface area contributed by atoms with Crippen LogP contribution >= 0.6 is 0 Å². The molecule has 0 radical (unpaired) electrons. The monoisotopic (exact) mass is 380 g/mol. The van der Waals surface area contributed by atoms with Crippen LogP contribution in [-0.2, 0) is 22.4 Å². The van der Waals surface area contributed by atoms with Crippen LogP contribution in [0.4, 0.5) is 0 Å². The van der Waals surface area contributed by atoms with Crippen molar-refractivity contribution in [2.45, 2.75) is 25.8 Å². The molecule has 3 rings (SSSR count). The summed E-state index contributed by atoms with van der Waals surface area (Å²) in [7, 11) is 1.33. The van der Waals surface area contributed by atoms with E-state index in [9.17, 15) is 4.79 Å². The zero-order valence-electron chi connectivity index (χ0n) is 16.1. The first-order chi connectivity index (χ1) is 13.6.